The maximum atomic E-state index is 11.0. The first kappa shape index (κ1) is 14.0. The molecule has 1 aromatic rings. The Labute approximate surface area is 108 Å². The Hall–Kier alpha value is -1.02. The normalized spacial score (nSPS) is 13.9. The van der Waals surface area contributed by atoms with Gasteiger partial charge in [0.1, 0.15) is 0 Å². The fourth-order valence-electron chi connectivity index (χ4n) is 1.37. The molecule has 92 valence electrons. The minimum atomic E-state index is 0.105. The fraction of sp³-hybridized carbons (Fsp3) is 0.400. The van der Waals surface area contributed by atoms with Crippen molar-refractivity contribution in [2.45, 2.75) is 37.8 Å². The van der Waals surface area contributed by atoms with Gasteiger partial charge in [0, 0.05) is 10.1 Å². The van der Waals surface area contributed by atoms with Gasteiger partial charge < -0.3 is 0 Å². The third-order valence-electron chi connectivity index (χ3n) is 2.37. The molecule has 0 bridgehead atoms. The van der Waals surface area contributed by atoms with Crippen LogP contribution in [0.4, 0.5) is 0 Å². The number of carbonyl (C=O) groups is 1. The molecule has 0 saturated carbocycles. The van der Waals surface area contributed by atoms with Gasteiger partial charge in [-0.15, -0.1) is 11.8 Å². The van der Waals surface area contributed by atoms with Gasteiger partial charge in [0.25, 0.3) is 0 Å². The Morgan fingerprint density at radius 1 is 1.24 bits per heavy atom. The standard InChI is InChI=1S/C15H20OS/c1-12(16)10-11-14(15(2,3)4)17-13-8-6-5-7-9-13/h5-11,14H,1-4H3/b11-10+. The highest BCUT2D eigenvalue weighted by molar-refractivity contribution is 8.00. The Balaban J connectivity index is 2.82. The van der Waals surface area contributed by atoms with Crippen molar-refractivity contribution in [1.82, 2.24) is 0 Å². The largest absolute Gasteiger partial charge is 0.295 e. The van der Waals surface area contributed by atoms with E-state index in [-0.39, 0.29) is 11.2 Å². The van der Waals surface area contributed by atoms with Crippen molar-refractivity contribution in [2.75, 3.05) is 0 Å². The van der Waals surface area contributed by atoms with E-state index >= 15 is 0 Å². The molecule has 0 aliphatic rings. The lowest BCUT2D eigenvalue weighted by Crippen LogP contribution is -2.21. The molecule has 0 heterocycles. The van der Waals surface area contributed by atoms with Gasteiger partial charge in [0.05, 0.1) is 0 Å². The summed E-state index contributed by atoms with van der Waals surface area (Å²) in [5.41, 5.74) is 0.131. The van der Waals surface area contributed by atoms with Gasteiger partial charge in [0.15, 0.2) is 5.78 Å². The van der Waals surface area contributed by atoms with Crippen LogP contribution in [-0.2, 0) is 4.79 Å². The number of hydrogen-bond donors (Lipinski definition) is 0. The number of rotatable bonds is 4. The molecule has 17 heavy (non-hydrogen) atoms. The quantitative estimate of drug-likeness (QED) is 0.582. The minimum absolute atomic E-state index is 0.105. The summed E-state index contributed by atoms with van der Waals surface area (Å²) >= 11 is 1.80. The van der Waals surface area contributed by atoms with E-state index in [1.54, 1.807) is 24.8 Å². The number of allylic oxidation sites excluding steroid dienone is 1. The Morgan fingerprint density at radius 3 is 2.29 bits per heavy atom. The molecule has 2 heteroatoms. The third-order valence-corrected chi connectivity index (χ3v) is 4.03. The van der Waals surface area contributed by atoms with Crippen molar-refractivity contribution in [1.29, 1.82) is 0 Å². The SMILES string of the molecule is CC(=O)/C=C/C(Sc1ccccc1)C(C)(C)C. The third kappa shape index (κ3) is 5.22. The molecule has 1 aromatic carbocycles. The molecule has 0 fully saturated rings. The first-order valence-corrected chi connectivity index (χ1v) is 6.68. The molecule has 0 aliphatic carbocycles. The molecule has 1 rings (SSSR count). The predicted octanol–water partition coefficient (Wildman–Crippen LogP) is 4.34. The van der Waals surface area contributed by atoms with E-state index < -0.39 is 0 Å². The van der Waals surface area contributed by atoms with Gasteiger partial charge in [0.2, 0.25) is 0 Å². The van der Waals surface area contributed by atoms with Crippen molar-refractivity contribution in [3.05, 3.63) is 42.5 Å². The Bertz CT molecular complexity index is 387. The average molecular weight is 248 g/mol. The number of benzene rings is 1. The van der Waals surface area contributed by atoms with E-state index in [4.69, 9.17) is 0 Å². The molecule has 1 unspecified atom stereocenters. The van der Waals surface area contributed by atoms with Gasteiger partial charge in [-0.2, -0.15) is 0 Å². The molecule has 0 aliphatic heterocycles. The number of ketones is 1. The molecular weight excluding hydrogens is 228 g/mol. The van der Waals surface area contributed by atoms with Gasteiger partial charge in [-0.05, 0) is 30.5 Å². The van der Waals surface area contributed by atoms with Crippen LogP contribution in [0.3, 0.4) is 0 Å². The van der Waals surface area contributed by atoms with E-state index in [0.717, 1.165) is 0 Å². The summed E-state index contributed by atoms with van der Waals surface area (Å²) in [6.45, 7) is 8.16. The summed E-state index contributed by atoms with van der Waals surface area (Å²) in [6, 6.07) is 10.3. The lowest BCUT2D eigenvalue weighted by molar-refractivity contribution is -0.112. The lowest BCUT2D eigenvalue weighted by Gasteiger charge is -2.27. The minimum Gasteiger partial charge on any atom is -0.295 e. The summed E-state index contributed by atoms with van der Waals surface area (Å²) in [5, 5.41) is 0.300. The van der Waals surface area contributed by atoms with Crippen molar-refractivity contribution < 1.29 is 4.79 Å². The second kappa shape index (κ2) is 6.06. The van der Waals surface area contributed by atoms with E-state index in [0.29, 0.717) is 5.25 Å². The zero-order valence-electron chi connectivity index (χ0n) is 10.9. The number of hydrogen-bond acceptors (Lipinski definition) is 2. The fourth-order valence-corrected chi connectivity index (χ4v) is 2.49. The maximum absolute atomic E-state index is 11.0. The monoisotopic (exact) mass is 248 g/mol. The molecule has 0 amide bonds. The molecule has 0 spiro atoms. The molecule has 0 aromatic heterocycles. The summed E-state index contributed by atoms with van der Waals surface area (Å²) in [4.78, 5) is 12.3. The van der Waals surface area contributed by atoms with E-state index in [1.807, 2.05) is 24.3 Å². The van der Waals surface area contributed by atoms with Crippen molar-refractivity contribution in [3.63, 3.8) is 0 Å². The van der Waals surface area contributed by atoms with Gasteiger partial charge >= 0.3 is 0 Å². The van der Waals surface area contributed by atoms with Gasteiger partial charge in [-0.3, -0.25) is 4.79 Å². The van der Waals surface area contributed by atoms with Gasteiger partial charge in [-0.1, -0.05) is 45.0 Å². The average Bonchev–Trinajstić information content (AvgIpc) is 2.23. The van der Waals surface area contributed by atoms with E-state index in [1.165, 1.54) is 4.90 Å². The highest BCUT2D eigenvalue weighted by Crippen LogP contribution is 2.36. The van der Waals surface area contributed by atoms with Crippen LogP contribution < -0.4 is 0 Å². The van der Waals surface area contributed by atoms with Crippen LogP contribution in [0.5, 0.6) is 0 Å². The molecule has 0 saturated heterocycles. The molecule has 1 atom stereocenters. The smallest absolute Gasteiger partial charge is 0.152 e. The summed E-state index contributed by atoms with van der Waals surface area (Å²) in [6.07, 6.45) is 3.69. The zero-order valence-corrected chi connectivity index (χ0v) is 11.8. The second-order valence-corrected chi connectivity index (χ2v) is 6.40. The first-order valence-electron chi connectivity index (χ1n) is 5.80. The Kier molecular flexibility index (Phi) is 5.01. The molecule has 1 nitrogen and oxygen atoms in total. The number of thioether (sulfide) groups is 1. The first-order chi connectivity index (χ1) is 7.89. The van der Waals surface area contributed by atoms with Crippen molar-refractivity contribution in [3.8, 4) is 0 Å². The predicted molar refractivity (Wildman–Crippen MR) is 75.4 cm³/mol. The molecular formula is C15H20OS. The summed E-state index contributed by atoms with van der Waals surface area (Å²) in [7, 11) is 0. The van der Waals surface area contributed by atoms with Crippen LogP contribution in [0.25, 0.3) is 0 Å². The Morgan fingerprint density at radius 2 is 1.82 bits per heavy atom. The van der Waals surface area contributed by atoms with Crippen LogP contribution in [0, 0.1) is 5.41 Å². The summed E-state index contributed by atoms with van der Waals surface area (Å²) in [5.74, 6) is 0.105. The van der Waals surface area contributed by atoms with Crippen LogP contribution in [0.15, 0.2) is 47.4 Å². The maximum Gasteiger partial charge on any atom is 0.152 e. The van der Waals surface area contributed by atoms with Crippen LogP contribution in [-0.4, -0.2) is 11.0 Å². The second-order valence-electron chi connectivity index (χ2n) is 5.19. The highest BCUT2D eigenvalue weighted by Gasteiger charge is 2.23. The summed E-state index contributed by atoms with van der Waals surface area (Å²) < 4.78 is 0. The van der Waals surface area contributed by atoms with E-state index in [9.17, 15) is 4.79 Å². The number of carbonyl (C=O) groups excluding carboxylic acids is 1. The lowest BCUT2D eigenvalue weighted by atomic mass is 9.91. The van der Waals surface area contributed by atoms with Crippen molar-refractivity contribution in [2.24, 2.45) is 5.41 Å². The molecule has 0 N–H and O–H groups in total. The topological polar surface area (TPSA) is 17.1 Å². The van der Waals surface area contributed by atoms with Crippen LogP contribution >= 0.6 is 11.8 Å². The van der Waals surface area contributed by atoms with Gasteiger partial charge in [-0.25, -0.2) is 0 Å². The zero-order chi connectivity index (χ0) is 12.9. The molecule has 0 radical (unpaired) electrons. The van der Waals surface area contributed by atoms with Crippen molar-refractivity contribution >= 4 is 17.5 Å². The van der Waals surface area contributed by atoms with Crippen LogP contribution in [0.1, 0.15) is 27.7 Å². The van der Waals surface area contributed by atoms with Crippen LogP contribution in [0.2, 0.25) is 0 Å². The highest BCUT2D eigenvalue weighted by atomic mass is 32.2. The van der Waals surface area contributed by atoms with E-state index in [2.05, 4.69) is 32.9 Å².